The van der Waals surface area contributed by atoms with Crippen LogP contribution in [0.15, 0.2) is 10.6 Å². The van der Waals surface area contributed by atoms with Crippen LogP contribution in [0.5, 0.6) is 0 Å². The Hall–Kier alpha value is -0.990. The number of unbranched alkanes of at least 4 members (excludes halogenated alkanes) is 1. The van der Waals surface area contributed by atoms with E-state index in [4.69, 9.17) is 4.42 Å². The van der Waals surface area contributed by atoms with Crippen molar-refractivity contribution in [3.63, 3.8) is 0 Å². The summed E-state index contributed by atoms with van der Waals surface area (Å²) in [6.07, 6.45) is 5.75. The highest BCUT2D eigenvalue weighted by Gasteiger charge is 2.26. The van der Waals surface area contributed by atoms with Gasteiger partial charge in [0.25, 0.3) is 0 Å². The van der Waals surface area contributed by atoms with Gasteiger partial charge in [-0.3, -0.25) is 0 Å². The smallest absolute Gasteiger partial charge is 0.350 e. The van der Waals surface area contributed by atoms with Crippen molar-refractivity contribution < 1.29 is 8.98 Å². The molecule has 3 aromatic rings. The molecule has 3 heterocycles. The summed E-state index contributed by atoms with van der Waals surface area (Å²) in [5.74, 6) is 1.05. The zero-order valence-electron chi connectivity index (χ0n) is 8.42. The summed E-state index contributed by atoms with van der Waals surface area (Å²) in [6, 6.07) is 0. The molecule has 0 atom stereocenters. The van der Waals surface area contributed by atoms with Gasteiger partial charge in [-0.1, -0.05) is 20.3 Å². The summed E-state index contributed by atoms with van der Waals surface area (Å²) in [5, 5.41) is 0. The van der Waals surface area contributed by atoms with Crippen LogP contribution in [0.1, 0.15) is 33.1 Å². The molecule has 72 valence electrons. The highest BCUT2D eigenvalue weighted by atomic mass is 16.4. The number of fused-ring (bicyclic) bond motifs is 1. The predicted octanol–water partition coefficient (Wildman–Crippen LogP) is 2.17. The summed E-state index contributed by atoms with van der Waals surface area (Å²) in [5.41, 5.74) is 1.04. The number of oxazole rings is 1. The third-order valence-electron chi connectivity index (χ3n) is 2.40. The molecule has 0 aliphatic carbocycles. The quantitative estimate of drug-likeness (QED) is 0.648. The first-order valence-electron chi connectivity index (χ1n) is 5.17. The fraction of sp³-hybridized carbons (Fsp3) is 0.700. The third-order valence-corrected chi connectivity index (χ3v) is 2.40. The molecule has 0 spiro atoms. The van der Waals surface area contributed by atoms with Crippen molar-refractivity contribution in [1.82, 2.24) is 4.57 Å². The molecule has 0 saturated carbocycles. The molecule has 3 nitrogen and oxygen atoms in total. The van der Waals surface area contributed by atoms with Gasteiger partial charge in [-0.25, -0.2) is 0 Å². The topological polar surface area (TPSA) is 21.9 Å². The number of hydrogen-bond acceptors (Lipinski definition) is 1. The minimum atomic E-state index is 1.04. The van der Waals surface area contributed by atoms with E-state index in [-0.39, 0.29) is 0 Å². The lowest BCUT2D eigenvalue weighted by Crippen LogP contribution is -2.31. The van der Waals surface area contributed by atoms with E-state index in [1.807, 2.05) is 0 Å². The van der Waals surface area contributed by atoms with Crippen LogP contribution < -0.4 is 4.57 Å². The standard InChI is InChI=1S/C10H17N2O/c1-3-5-7-11-8-9-12(6-4-2)10(11)13-9/h8H,3-7H2,1-2H3/q+1. The summed E-state index contributed by atoms with van der Waals surface area (Å²) >= 11 is 0. The summed E-state index contributed by atoms with van der Waals surface area (Å²) in [6.45, 7) is 6.58. The van der Waals surface area contributed by atoms with Gasteiger partial charge in [0.05, 0.1) is 13.1 Å². The maximum absolute atomic E-state index is 5.45. The number of rotatable bonds is 5. The van der Waals surface area contributed by atoms with Gasteiger partial charge in [0.1, 0.15) is 0 Å². The second-order valence-electron chi connectivity index (χ2n) is 3.55. The second kappa shape index (κ2) is 3.40. The van der Waals surface area contributed by atoms with E-state index >= 15 is 0 Å². The molecule has 0 saturated heterocycles. The van der Waals surface area contributed by atoms with Crippen LogP contribution in [0.3, 0.4) is 0 Å². The molecule has 0 radical (unpaired) electrons. The Morgan fingerprint density at radius 3 is 2.92 bits per heavy atom. The molecular weight excluding hydrogens is 164 g/mol. The van der Waals surface area contributed by atoms with Crippen LogP contribution in [0.2, 0.25) is 0 Å². The lowest BCUT2D eigenvalue weighted by atomic mass is 10.3. The lowest BCUT2D eigenvalue weighted by molar-refractivity contribution is -0.674. The number of nitrogens with zero attached hydrogens (tertiary/aromatic N) is 2. The molecule has 13 heavy (non-hydrogen) atoms. The molecule has 0 N–H and O–H groups in total. The Morgan fingerprint density at radius 1 is 1.38 bits per heavy atom. The van der Waals surface area contributed by atoms with E-state index < -0.39 is 0 Å². The molecule has 0 aromatic carbocycles. The van der Waals surface area contributed by atoms with Crippen LogP contribution >= 0.6 is 0 Å². The Bertz CT molecular complexity index is 361. The van der Waals surface area contributed by atoms with Gasteiger partial charge in [-0.2, -0.15) is 9.13 Å². The first-order chi connectivity index (χ1) is 6.36. The first kappa shape index (κ1) is 8.60. The highest BCUT2D eigenvalue weighted by Crippen LogP contribution is 2.16. The number of hydrogen-bond donors (Lipinski definition) is 0. The Balaban J connectivity index is 2.09. The molecular formula is C10H17N2O+. The normalized spacial score (nSPS) is 11.8. The Morgan fingerprint density at radius 2 is 2.23 bits per heavy atom. The maximum atomic E-state index is 5.45. The number of aromatic nitrogens is 2. The third kappa shape index (κ3) is 1.32. The first-order valence-corrected chi connectivity index (χ1v) is 5.17. The minimum absolute atomic E-state index is 1.04. The van der Waals surface area contributed by atoms with E-state index in [1.54, 1.807) is 0 Å². The van der Waals surface area contributed by atoms with Gasteiger partial charge in [-0.05, 0) is 12.8 Å². The molecule has 3 aromatic heterocycles. The molecule has 0 fully saturated rings. The summed E-state index contributed by atoms with van der Waals surface area (Å²) in [4.78, 5) is 0. The zero-order chi connectivity index (χ0) is 9.26. The largest absolute Gasteiger partial charge is 0.467 e. The molecule has 3 rings (SSSR count). The van der Waals surface area contributed by atoms with Crippen molar-refractivity contribution in [2.75, 3.05) is 0 Å². The van der Waals surface area contributed by atoms with E-state index in [9.17, 15) is 0 Å². The van der Waals surface area contributed by atoms with Gasteiger partial charge < -0.3 is 4.42 Å². The van der Waals surface area contributed by atoms with Crippen LogP contribution in [0.25, 0.3) is 11.6 Å². The van der Waals surface area contributed by atoms with Crippen LogP contribution in [0.4, 0.5) is 0 Å². The Labute approximate surface area is 78.3 Å². The Kier molecular flexibility index (Phi) is 2.25. The molecule has 3 heteroatoms. The lowest BCUT2D eigenvalue weighted by Gasteiger charge is -1.98. The SMILES string of the molecule is CCCC[n+]1cc2oc1n2CCC. The fourth-order valence-electron chi connectivity index (χ4n) is 1.68. The molecule has 2 bridgehead atoms. The van der Waals surface area contributed by atoms with Gasteiger partial charge >= 0.3 is 11.6 Å². The van der Waals surface area contributed by atoms with Crippen molar-refractivity contribution >= 4 is 11.6 Å². The fourth-order valence-corrected chi connectivity index (χ4v) is 1.68. The van der Waals surface area contributed by atoms with Crippen molar-refractivity contribution in [2.24, 2.45) is 0 Å². The van der Waals surface area contributed by atoms with E-state index in [2.05, 4.69) is 29.2 Å². The average Bonchev–Trinajstić information content (AvgIpc) is 2.67. The monoisotopic (exact) mass is 181 g/mol. The van der Waals surface area contributed by atoms with Gasteiger partial charge in [0.15, 0.2) is 6.20 Å². The molecule has 0 unspecified atom stereocenters. The van der Waals surface area contributed by atoms with Crippen LogP contribution in [-0.4, -0.2) is 4.57 Å². The molecule has 0 aliphatic heterocycles. The van der Waals surface area contributed by atoms with Crippen molar-refractivity contribution in [2.45, 2.75) is 46.2 Å². The van der Waals surface area contributed by atoms with Crippen molar-refractivity contribution in [3.8, 4) is 0 Å². The predicted molar refractivity (Wildman–Crippen MR) is 50.8 cm³/mol. The number of aryl methyl sites for hydroxylation is 2. The van der Waals surface area contributed by atoms with Gasteiger partial charge in [0, 0.05) is 0 Å². The van der Waals surface area contributed by atoms with Crippen molar-refractivity contribution in [3.05, 3.63) is 6.20 Å². The second-order valence-corrected chi connectivity index (χ2v) is 3.55. The van der Waals surface area contributed by atoms with E-state index in [0.29, 0.717) is 0 Å². The molecule has 0 amide bonds. The van der Waals surface area contributed by atoms with Gasteiger partial charge in [0.2, 0.25) is 0 Å². The average molecular weight is 181 g/mol. The zero-order valence-corrected chi connectivity index (χ0v) is 8.42. The van der Waals surface area contributed by atoms with Gasteiger partial charge in [-0.15, -0.1) is 0 Å². The van der Waals surface area contributed by atoms with E-state index in [1.165, 1.54) is 19.3 Å². The minimum Gasteiger partial charge on any atom is -0.350 e. The summed E-state index contributed by atoms with van der Waals surface area (Å²) in [7, 11) is 0. The molecule has 0 aliphatic rings. The highest BCUT2D eigenvalue weighted by molar-refractivity contribution is 5.43. The summed E-state index contributed by atoms with van der Waals surface area (Å²) < 4.78 is 9.92. The van der Waals surface area contributed by atoms with Crippen molar-refractivity contribution in [1.29, 1.82) is 0 Å². The van der Waals surface area contributed by atoms with E-state index in [0.717, 1.165) is 24.6 Å². The number of imidazole rings is 1. The van der Waals surface area contributed by atoms with Crippen LogP contribution in [0, 0.1) is 0 Å². The van der Waals surface area contributed by atoms with Crippen LogP contribution in [-0.2, 0) is 13.1 Å². The maximum Gasteiger partial charge on any atom is 0.467 e.